The molecule has 38 heavy (non-hydrogen) atoms. The molecule has 0 bridgehead atoms. The molecule has 0 aromatic heterocycles. The second-order valence-corrected chi connectivity index (χ2v) is 12.4. The highest BCUT2D eigenvalue weighted by molar-refractivity contribution is 5.52. The zero-order valence-corrected chi connectivity index (χ0v) is 24.0. The van der Waals surface area contributed by atoms with Crippen molar-refractivity contribution in [3.05, 3.63) is 101 Å². The zero-order valence-electron chi connectivity index (χ0n) is 24.0. The van der Waals surface area contributed by atoms with E-state index in [0.29, 0.717) is 23.9 Å². The molecule has 0 saturated carbocycles. The predicted octanol–water partition coefficient (Wildman–Crippen LogP) is 7.42. The average molecular weight is 510 g/mol. The first-order valence-electron chi connectivity index (χ1n) is 14.9. The lowest BCUT2D eigenvalue weighted by atomic mass is 9.92. The van der Waals surface area contributed by atoms with Crippen LogP contribution in [0.4, 0.5) is 5.69 Å². The van der Waals surface area contributed by atoms with E-state index in [9.17, 15) is 0 Å². The molecule has 0 aliphatic carbocycles. The van der Waals surface area contributed by atoms with Crippen molar-refractivity contribution in [1.29, 1.82) is 0 Å². The third-order valence-corrected chi connectivity index (χ3v) is 8.38. The summed E-state index contributed by atoms with van der Waals surface area (Å²) < 4.78 is 0. The summed E-state index contributed by atoms with van der Waals surface area (Å²) in [6.45, 7) is 16.2. The molecule has 0 amide bonds. The van der Waals surface area contributed by atoms with E-state index in [1.165, 1.54) is 42.6 Å². The topological polar surface area (TPSA) is 9.72 Å². The highest BCUT2D eigenvalue weighted by atomic mass is 15.2. The van der Waals surface area contributed by atoms with Gasteiger partial charge in [0.1, 0.15) is 0 Å². The molecule has 1 fully saturated rings. The van der Waals surface area contributed by atoms with Gasteiger partial charge >= 0.3 is 0 Å². The van der Waals surface area contributed by atoms with Gasteiger partial charge in [-0.1, -0.05) is 94.4 Å². The minimum absolute atomic E-state index is 0.346. The van der Waals surface area contributed by atoms with Crippen molar-refractivity contribution < 1.29 is 0 Å². The van der Waals surface area contributed by atoms with Crippen molar-refractivity contribution in [2.75, 3.05) is 37.6 Å². The summed E-state index contributed by atoms with van der Waals surface area (Å²) in [6.07, 6.45) is 3.68. The van der Waals surface area contributed by atoms with Gasteiger partial charge < -0.3 is 4.90 Å². The Hall–Kier alpha value is -2.62. The van der Waals surface area contributed by atoms with Gasteiger partial charge in [-0.05, 0) is 65.5 Å². The molecule has 2 aliphatic rings. The Balaban J connectivity index is 1.24. The van der Waals surface area contributed by atoms with Crippen molar-refractivity contribution in [3.63, 3.8) is 0 Å². The molecule has 202 valence electrons. The summed E-state index contributed by atoms with van der Waals surface area (Å²) in [5, 5.41) is 0. The van der Waals surface area contributed by atoms with Gasteiger partial charge in [-0.2, -0.15) is 0 Å². The highest BCUT2D eigenvalue weighted by Gasteiger charge is 2.31. The molecule has 3 aromatic rings. The summed E-state index contributed by atoms with van der Waals surface area (Å²) in [4.78, 5) is 8.09. The summed E-state index contributed by atoms with van der Waals surface area (Å²) in [5.41, 5.74) is 7.35. The van der Waals surface area contributed by atoms with Crippen LogP contribution in [0.1, 0.15) is 68.8 Å². The zero-order chi connectivity index (χ0) is 26.5. The van der Waals surface area contributed by atoms with E-state index >= 15 is 0 Å². The molecule has 0 atom stereocenters. The maximum Gasteiger partial charge on any atom is 0.0601 e. The number of hydrogen-bond donors (Lipinski definition) is 0. The Bertz CT molecular complexity index is 1080. The molecule has 3 aromatic carbocycles. The normalized spacial score (nSPS) is 17.3. The van der Waals surface area contributed by atoms with Crippen molar-refractivity contribution in [1.82, 2.24) is 9.80 Å². The lowest BCUT2D eigenvalue weighted by molar-refractivity contribution is 0.0843. The van der Waals surface area contributed by atoms with Crippen LogP contribution in [0.3, 0.4) is 0 Å². The van der Waals surface area contributed by atoms with Crippen LogP contribution in [0.2, 0.25) is 0 Å². The first kappa shape index (κ1) is 27.0. The van der Waals surface area contributed by atoms with E-state index in [4.69, 9.17) is 0 Å². The molecule has 2 aliphatic heterocycles. The van der Waals surface area contributed by atoms with Crippen LogP contribution in [0.5, 0.6) is 0 Å². The van der Waals surface area contributed by atoms with Crippen LogP contribution in [-0.4, -0.2) is 48.6 Å². The van der Waals surface area contributed by atoms with E-state index in [0.717, 1.165) is 32.7 Å². The minimum atomic E-state index is 0.346. The van der Waals surface area contributed by atoms with Crippen LogP contribution in [0, 0.1) is 11.8 Å². The van der Waals surface area contributed by atoms with E-state index in [1.807, 2.05) is 0 Å². The van der Waals surface area contributed by atoms with Crippen molar-refractivity contribution in [3.8, 4) is 0 Å². The smallest absolute Gasteiger partial charge is 0.0601 e. The Kier molecular flexibility index (Phi) is 8.86. The Morgan fingerprint density at radius 2 is 1.29 bits per heavy atom. The highest BCUT2D eigenvalue weighted by Crippen LogP contribution is 2.34. The van der Waals surface area contributed by atoms with Gasteiger partial charge in [-0.25, -0.2) is 0 Å². The van der Waals surface area contributed by atoms with Gasteiger partial charge in [0.25, 0.3) is 0 Å². The number of likely N-dealkylation sites (tertiary alicyclic amines) is 1. The van der Waals surface area contributed by atoms with E-state index in [-0.39, 0.29) is 0 Å². The van der Waals surface area contributed by atoms with Gasteiger partial charge in [0.15, 0.2) is 0 Å². The summed E-state index contributed by atoms with van der Waals surface area (Å²) >= 11 is 0. The van der Waals surface area contributed by atoms with Gasteiger partial charge in [0.05, 0.1) is 6.04 Å². The Morgan fingerprint density at radius 3 is 1.84 bits per heavy atom. The summed E-state index contributed by atoms with van der Waals surface area (Å²) in [5.74, 6) is 1.35. The third kappa shape index (κ3) is 6.50. The summed E-state index contributed by atoms with van der Waals surface area (Å²) in [7, 11) is 0. The second-order valence-electron chi connectivity index (χ2n) is 12.4. The molecule has 3 nitrogen and oxygen atoms in total. The van der Waals surface area contributed by atoms with Crippen LogP contribution >= 0.6 is 0 Å². The number of hydrogen-bond acceptors (Lipinski definition) is 3. The van der Waals surface area contributed by atoms with Gasteiger partial charge in [0.2, 0.25) is 0 Å². The van der Waals surface area contributed by atoms with E-state index < -0.39 is 0 Å². The first-order valence-corrected chi connectivity index (χ1v) is 14.9. The molecular formula is C35H47N3. The molecule has 0 radical (unpaired) electrons. The third-order valence-electron chi connectivity index (χ3n) is 8.38. The Morgan fingerprint density at radius 1 is 0.711 bits per heavy atom. The lowest BCUT2D eigenvalue weighted by Gasteiger charge is -2.43. The molecule has 1 saturated heterocycles. The minimum Gasteiger partial charge on any atom is -0.371 e. The molecule has 2 heterocycles. The number of nitrogens with zero attached hydrogens (tertiary/aromatic N) is 3. The van der Waals surface area contributed by atoms with E-state index in [2.05, 4.69) is 121 Å². The fourth-order valence-electron chi connectivity index (χ4n) is 6.63. The fourth-order valence-corrected chi connectivity index (χ4v) is 6.63. The maximum atomic E-state index is 2.78. The quantitative estimate of drug-likeness (QED) is 0.297. The van der Waals surface area contributed by atoms with Crippen LogP contribution < -0.4 is 4.90 Å². The van der Waals surface area contributed by atoms with E-state index in [1.54, 1.807) is 11.1 Å². The first-order chi connectivity index (χ1) is 18.5. The summed E-state index contributed by atoms with van der Waals surface area (Å²) in [6, 6.07) is 30.5. The number of rotatable bonds is 9. The predicted molar refractivity (Wildman–Crippen MR) is 162 cm³/mol. The number of anilines is 1. The molecule has 0 spiro atoms. The maximum absolute atomic E-state index is 2.78. The monoisotopic (exact) mass is 509 g/mol. The number of benzene rings is 3. The molecule has 0 N–H and O–H groups in total. The van der Waals surface area contributed by atoms with Crippen LogP contribution in [0.15, 0.2) is 78.9 Å². The van der Waals surface area contributed by atoms with Crippen LogP contribution in [-0.2, 0) is 13.0 Å². The van der Waals surface area contributed by atoms with Gasteiger partial charge in [-0.3, -0.25) is 9.80 Å². The largest absolute Gasteiger partial charge is 0.371 e. The number of piperidine rings is 1. The molecule has 0 unspecified atom stereocenters. The number of fused-ring (bicyclic) bond motifs is 1. The van der Waals surface area contributed by atoms with Crippen molar-refractivity contribution >= 4 is 5.69 Å². The van der Waals surface area contributed by atoms with Gasteiger partial charge in [-0.15, -0.1) is 0 Å². The lowest BCUT2D eigenvalue weighted by Crippen LogP contribution is -2.47. The van der Waals surface area contributed by atoms with Crippen molar-refractivity contribution in [2.45, 2.75) is 65.6 Å². The van der Waals surface area contributed by atoms with Gasteiger partial charge in [0, 0.05) is 51.0 Å². The molecule has 3 heteroatoms. The van der Waals surface area contributed by atoms with Crippen LogP contribution in [0.25, 0.3) is 0 Å². The standard InChI is InChI=1S/C35H47N3/c1-27(2)24-38(25-28(3)4)34-16-15-32-26-37(20-17-31(32)23-34)33-18-21-36(22-19-33)35(29-11-7-5-8-12-29)30-13-9-6-10-14-30/h5-16,23,27-28,33,35H,17-22,24-26H2,1-4H3. The molecule has 5 rings (SSSR count). The average Bonchev–Trinajstić information content (AvgIpc) is 2.93. The Labute approximate surface area is 231 Å². The molecular weight excluding hydrogens is 462 g/mol. The SMILES string of the molecule is CC(C)CN(CC(C)C)c1ccc2c(c1)CCN(C1CCN(C(c3ccccc3)c3ccccc3)CC1)C2. The van der Waals surface area contributed by atoms with Crippen molar-refractivity contribution in [2.24, 2.45) is 11.8 Å². The second kappa shape index (κ2) is 12.5. The fraction of sp³-hybridized carbons (Fsp3) is 0.486.